The third kappa shape index (κ3) is 3.02. The minimum absolute atomic E-state index is 0.0573. The zero-order chi connectivity index (χ0) is 13.0. The molecule has 1 aromatic rings. The SMILES string of the molecule is CCC1CCN(c2nc(COC)c(CO)s2)CC1. The number of aliphatic hydroxyl groups excluding tert-OH is 1. The Bertz CT molecular complexity index is 373. The summed E-state index contributed by atoms with van der Waals surface area (Å²) in [6, 6.07) is 0. The molecule has 5 heteroatoms. The zero-order valence-electron chi connectivity index (χ0n) is 11.2. The van der Waals surface area contributed by atoms with Crippen molar-refractivity contribution < 1.29 is 9.84 Å². The topological polar surface area (TPSA) is 45.6 Å². The fourth-order valence-electron chi connectivity index (χ4n) is 2.41. The highest BCUT2D eigenvalue weighted by Crippen LogP contribution is 2.30. The molecule has 0 spiro atoms. The summed E-state index contributed by atoms with van der Waals surface area (Å²) in [6.45, 7) is 4.98. The molecule has 1 aliphatic rings. The number of thiazole rings is 1. The van der Waals surface area contributed by atoms with Gasteiger partial charge in [0.05, 0.1) is 23.8 Å². The van der Waals surface area contributed by atoms with E-state index < -0.39 is 0 Å². The maximum atomic E-state index is 9.33. The lowest BCUT2D eigenvalue weighted by Crippen LogP contribution is -2.33. The van der Waals surface area contributed by atoms with Gasteiger partial charge in [0.25, 0.3) is 0 Å². The molecule has 2 heterocycles. The van der Waals surface area contributed by atoms with Gasteiger partial charge in [0, 0.05) is 20.2 Å². The molecule has 0 aliphatic carbocycles. The fraction of sp³-hybridized carbons (Fsp3) is 0.769. The molecule has 1 aliphatic heterocycles. The summed E-state index contributed by atoms with van der Waals surface area (Å²) < 4.78 is 5.12. The molecule has 18 heavy (non-hydrogen) atoms. The molecule has 0 atom stereocenters. The van der Waals surface area contributed by atoms with E-state index in [0.29, 0.717) is 6.61 Å². The summed E-state index contributed by atoms with van der Waals surface area (Å²) in [5.41, 5.74) is 0.887. The van der Waals surface area contributed by atoms with Gasteiger partial charge in [-0.3, -0.25) is 0 Å². The molecule has 0 amide bonds. The van der Waals surface area contributed by atoms with E-state index in [0.717, 1.165) is 34.7 Å². The fourth-order valence-corrected chi connectivity index (χ4v) is 3.39. The first-order valence-electron chi connectivity index (χ1n) is 6.61. The number of anilines is 1. The monoisotopic (exact) mass is 270 g/mol. The number of piperidine rings is 1. The average molecular weight is 270 g/mol. The van der Waals surface area contributed by atoms with Gasteiger partial charge < -0.3 is 14.7 Å². The van der Waals surface area contributed by atoms with Crippen molar-refractivity contribution in [2.24, 2.45) is 5.92 Å². The predicted octanol–water partition coefficient (Wildman–Crippen LogP) is 2.41. The van der Waals surface area contributed by atoms with Gasteiger partial charge >= 0.3 is 0 Å². The van der Waals surface area contributed by atoms with E-state index in [1.165, 1.54) is 19.3 Å². The van der Waals surface area contributed by atoms with Crippen LogP contribution < -0.4 is 4.90 Å². The first-order chi connectivity index (χ1) is 8.78. The second kappa shape index (κ2) is 6.50. The number of aromatic nitrogens is 1. The Labute approximate surface area is 113 Å². The van der Waals surface area contributed by atoms with Crippen LogP contribution in [0.4, 0.5) is 5.13 Å². The van der Waals surface area contributed by atoms with Gasteiger partial charge in [-0.15, -0.1) is 0 Å². The van der Waals surface area contributed by atoms with Gasteiger partial charge in [-0.1, -0.05) is 24.7 Å². The smallest absolute Gasteiger partial charge is 0.185 e. The minimum atomic E-state index is 0.0573. The van der Waals surface area contributed by atoms with Crippen molar-refractivity contribution in [1.29, 1.82) is 0 Å². The van der Waals surface area contributed by atoms with Crippen LogP contribution in [0, 0.1) is 5.92 Å². The van der Waals surface area contributed by atoms with Crippen LogP contribution in [0.15, 0.2) is 0 Å². The molecule has 0 radical (unpaired) electrons. The second-order valence-electron chi connectivity index (χ2n) is 4.80. The molecular weight excluding hydrogens is 248 g/mol. The van der Waals surface area contributed by atoms with Crippen LogP contribution in [-0.4, -0.2) is 30.3 Å². The van der Waals surface area contributed by atoms with Crippen molar-refractivity contribution in [2.45, 2.75) is 39.4 Å². The summed E-state index contributed by atoms with van der Waals surface area (Å²) in [7, 11) is 1.66. The predicted molar refractivity (Wildman–Crippen MR) is 74.0 cm³/mol. The van der Waals surface area contributed by atoms with Crippen LogP contribution in [0.3, 0.4) is 0 Å². The van der Waals surface area contributed by atoms with Gasteiger partial charge in [-0.2, -0.15) is 0 Å². The summed E-state index contributed by atoms with van der Waals surface area (Å²) in [4.78, 5) is 7.88. The third-order valence-corrected chi connectivity index (χ3v) is 4.80. The van der Waals surface area contributed by atoms with Gasteiger partial charge in [0.15, 0.2) is 5.13 Å². The van der Waals surface area contributed by atoms with Crippen LogP contribution in [0.25, 0.3) is 0 Å². The van der Waals surface area contributed by atoms with Crippen molar-refractivity contribution in [1.82, 2.24) is 4.98 Å². The minimum Gasteiger partial charge on any atom is -0.391 e. The maximum absolute atomic E-state index is 9.33. The lowest BCUT2D eigenvalue weighted by molar-refractivity contribution is 0.179. The molecular formula is C13H22N2O2S. The number of nitrogens with zero attached hydrogens (tertiary/aromatic N) is 2. The molecule has 4 nitrogen and oxygen atoms in total. The Balaban J connectivity index is 2.05. The van der Waals surface area contributed by atoms with E-state index in [9.17, 15) is 5.11 Å². The maximum Gasteiger partial charge on any atom is 0.185 e. The molecule has 0 unspecified atom stereocenters. The molecule has 1 aromatic heterocycles. The molecule has 102 valence electrons. The van der Waals surface area contributed by atoms with E-state index in [1.807, 2.05) is 0 Å². The average Bonchev–Trinajstić information content (AvgIpc) is 2.82. The summed E-state index contributed by atoms with van der Waals surface area (Å²) in [6.07, 6.45) is 3.79. The summed E-state index contributed by atoms with van der Waals surface area (Å²) >= 11 is 1.60. The number of methoxy groups -OCH3 is 1. The lowest BCUT2D eigenvalue weighted by Gasteiger charge is -2.31. The Kier molecular flexibility index (Phi) is 4.97. The number of ether oxygens (including phenoxy) is 1. The normalized spacial score (nSPS) is 17.4. The van der Waals surface area contributed by atoms with Gasteiger partial charge in [0.1, 0.15) is 0 Å². The largest absolute Gasteiger partial charge is 0.391 e. The Hall–Kier alpha value is -0.650. The Morgan fingerprint density at radius 1 is 1.44 bits per heavy atom. The lowest BCUT2D eigenvalue weighted by atomic mass is 9.95. The molecule has 1 N–H and O–H groups in total. The van der Waals surface area contributed by atoms with Gasteiger partial charge in [-0.05, 0) is 18.8 Å². The molecule has 0 saturated carbocycles. The first-order valence-corrected chi connectivity index (χ1v) is 7.43. The molecule has 2 rings (SSSR count). The van der Waals surface area contributed by atoms with Crippen molar-refractivity contribution >= 4 is 16.5 Å². The second-order valence-corrected chi connectivity index (χ2v) is 5.86. The number of rotatable bonds is 5. The van der Waals surface area contributed by atoms with Crippen molar-refractivity contribution in [2.75, 3.05) is 25.1 Å². The van der Waals surface area contributed by atoms with E-state index in [1.54, 1.807) is 18.4 Å². The van der Waals surface area contributed by atoms with Gasteiger partial charge in [0.2, 0.25) is 0 Å². The molecule has 1 fully saturated rings. The van der Waals surface area contributed by atoms with Crippen LogP contribution in [0.5, 0.6) is 0 Å². The third-order valence-electron chi connectivity index (χ3n) is 3.65. The zero-order valence-corrected chi connectivity index (χ0v) is 12.0. The highest BCUT2D eigenvalue weighted by atomic mass is 32.1. The van der Waals surface area contributed by atoms with E-state index in [4.69, 9.17) is 4.74 Å². The number of hydrogen-bond donors (Lipinski definition) is 1. The molecule has 0 bridgehead atoms. The molecule has 0 aromatic carbocycles. The van der Waals surface area contributed by atoms with E-state index >= 15 is 0 Å². The van der Waals surface area contributed by atoms with Crippen LogP contribution >= 0.6 is 11.3 Å². The van der Waals surface area contributed by atoms with Crippen molar-refractivity contribution in [3.63, 3.8) is 0 Å². The quantitative estimate of drug-likeness (QED) is 0.892. The Morgan fingerprint density at radius 3 is 2.72 bits per heavy atom. The van der Waals surface area contributed by atoms with E-state index in [2.05, 4.69) is 16.8 Å². The number of hydrogen-bond acceptors (Lipinski definition) is 5. The van der Waals surface area contributed by atoms with E-state index in [-0.39, 0.29) is 6.61 Å². The standard InChI is InChI=1S/C13H22N2O2S/c1-3-10-4-6-15(7-5-10)13-14-11(9-17-2)12(8-16)18-13/h10,16H,3-9H2,1-2H3. The summed E-state index contributed by atoms with van der Waals surface area (Å²) in [5, 5.41) is 10.4. The van der Waals surface area contributed by atoms with Crippen LogP contribution in [0.1, 0.15) is 36.8 Å². The Morgan fingerprint density at radius 2 is 2.17 bits per heavy atom. The van der Waals surface area contributed by atoms with Crippen molar-refractivity contribution in [3.8, 4) is 0 Å². The number of aliphatic hydroxyl groups is 1. The first kappa shape index (κ1) is 13.8. The highest BCUT2D eigenvalue weighted by molar-refractivity contribution is 7.15. The highest BCUT2D eigenvalue weighted by Gasteiger charge is 2.21. The van der Waals surface area contributed by atoms with Crippen LogP contribution in [0.2, 0.25) is 0 Å². The van der Waals surface area contributed by atoms with Crippen molar-refractivity contribution in [3.05, 3.63) is 10.6 Å². The van der Waals surface area contributed by atoms with Crippen LogP contribution in [-0.2, 0) is 18.0 Å². The summed E-state index contributed by atoms with van der Waals surface area (Å²) in [5.74, 6) is 0.872. The molecule has 1 saturated heterocycles. The van der Waals surface area contributed by atoms with Gasteiger partial charge in [-0.25, -0.2) is 4.98 Å².